The average molecular weight is 437 g/mol. The number of rotatable bonds is 3. The van der Waals surface area contributed by atoms with Crippen molar-refractivity contribution in [3.8, 4) is 0 Å². The first-order valence-electron chi connectivity index (χ1n) is 5.59. The van der Waals surface area contributed by atoms with E-state index in [-0.39, 0.29) is 16.4 Å². The lowest BCUT2D eigenvalue weighted by atomic mass is 10.2. The van der Waals surface area contributed by atoms with Gasteiger partial charge in [-0.2, -0.15) is 0 Å². The molecule has 0 saturated carbocycles. The van der Waals surface area contributed by atoms with Crippen LogP contribution in [0.4, 0.5) is 11.4 Å². The van der Waals surface area contributed by atoms with Crippen molar-refractivity contribution in [2.75, 3.05) is 5.32 Å². The number of hydrogen-bond acceptors (Lipinski definition) is 3. The number of non-ortho nitro benzene ring substituents is 1. The van der Waals surface area contributed by atoms with E-state index in [0.717, 1.165) is 3.57 Å². The van der Waals surface area contributed by atoms with Crippen molar-refractivity contribution in [2.24, 2.45) is 0 Å². The van der Waals surface area contributed by atoms with Crippen LogP contribution in [0, 0.1) is 13.7 Å². The van der Waals surface area contributed by atoms with Crippen molar-refractivity contribution in [3.63, 3.8) is 0 Å². The van der Waals surface area contributed by atoms with Crippen molar-refractivity contribution >= 4 is 63.1 Å². The van der Waals surface area contributed by atoms with Crippen LogP contribution in [0.5, 0.6) is 0 Å². The summed E-state index contributed by atoms with van der Waals surface area (Å²) in [5, 5.41) is 13.9. The first kappa shape index (κ1) is 16.0. The molecule has 0 aliphatic rings. The molecule has 0 radical (unpaired) electrons. The number of nitrogens with one attached hydrogen (secondary N) is 1. The molecule has 21 heavy (non-hydrogen) atoms. The summed E-state index contributed by atoms with van der Waals surface area (Å²) in [4.78, 5) is 22.3. The van der Waals surface area contributed by atoms with E-state index in [1.165, 1.54) is 24.3 Å². The average Bonchev–Trinajstić information content (AvgIpc) is 2.43. The molecule has 0 aromatic heterocycles. The number of anilines is 1. The van der Waals surface area contributed by atoms with Crippen LogP contribution in [0.1, 0.15) is 10.4 Å². The summed E-state index contributed by atoms with van der Waals surface area (Å²) >= 11 is 13.9. The van der Waals surface area contributed by atoms with Gasteiger partial charge in [0.2, 0.25) is 0 Å². The van der Waals surface area contributed by atoms with Crippen molar-refractivity contribution < 1.29 is 9.72 Å². The predicted molar refractivity (Wildman–Crippen MR) is 90.2 cm³/mol. The minimum atomic E-state index is -0.562. The highest BCUT2D eigenvalue weighted by Crippen LogP contribution is 2.27. The monoisotopic (exact) mass is 436 g/mol. The summed E-state index contributed by atoms with van der Waals surface area (Å²) in [5.74, 6) is -0.448. The Morgan fingerprint density at radius 3 is 2.48 bits per heavy atom. The quantitative estimate of drug-likeness (QED) is 0.428. The number of halogens is 3. The third-order valence-electron chi connectivity index (χ3n) is 2.59. The van der Waals surface area contributed by atoms with Crippen LogP contribution in [-0.2, 0) is 0 Å². The fraction of sp³-hybridized carbons (Fsp3) is 0. The number of carbonyl (C=O) groups excluding carboxylic acids is 1. The van der Waals surface area contributed by atoms with E-state index in [0.29, 0.717) is 10.6 Å². The van der Waals surface area contributed by atoms with Crippen molar-refractivity contribution in [1.82, 2.24) is 0 Å². The Balaban J connectivity index is 2.28. The van der Waals surface area contributed by atoms with Crippen molar-refractivity contribution in [2.45, 2.75) is 0 Å². The van der Waals surface area contributed by atoms with E-state index in [9.17, 15) is 14.9 Å². The number of nitro benzene ring substituents is 1. The van der Waals surface area contributed by atoms with E-state index in [2.05, 4.69) is 5.32 Å². The first-order chi connectivity index (χ1) is 9.88. The molecule has 108 valence electrons. The summed E-state index contributed by atoms with van der Waals surface area (Å²) in [7, 11) is 0. The second-order valence-electron chi connectivity index (χ2n) is 4.00. The highest BCUT2D eigenvalue weighted by atomic mass is 127. The minimum absolute atomic E-state index is 0.157. The Kier molecular flexibility index (Phi) is 5.02. The molecule has 0 spiro atoms. The van der Waals surface area contributed by atoms with Gasteiger partial charge in [-0.15, -0.1) is 0 Å². The Bertz CT molecular complexity index is 737. The van der Waals surface area contributed by atoms with Crippen LogP contribution in [-0.4, -0.2) is 10.8 Å². The normalized spacial score (nSPS) is 10.2. The number of amides is 1. The SMILES string of the molecule is O=C(Nc1cc([N+](=O)[O-])ccc1Cl)c1ccc(I)c(Cl)c1. The molecule has 8 heteroatoms. The molecular weight excluding hydrogens is 430 g/mol. The topological polar surface area (TPSA) is 72.2 Å². The predicted octanol–water partition coefficient (Wildman–Crippen LogP) is 4.76. The summed E-state index contributed by atoms with van der Waals surface area (Å²) in [6.45, 7) is 0. The molecule has 0 heterocycles. The largest absolute Gasteiger partial charge is 0.320 e. The van der Waals surface area contributed by atoms with Gasteiger partial charge in [0.05, 0.1) is 20.7 Å². The fourth-order valence-corrected chi connectivity index (χ4v) is 2.24. The Morgan fingerprint density at radius 1 is 1.14 bits per heavy atom. The van der Waals surface area contributed by atoms with Gasteiger partial charge in [0, 0.05) is 21.3 Å². The maximum Gasteiger partial charge on any atom is 0.271 e. The molecule has 2 aromatic rings. The van der Waals surface area contributed by atoms with Gasteiger partial charge in [-0.25, -0.2) is 0 Å². The highest BCUT2D eigenvalue weighted by Gasteiger charge is 2.14. The Hall–Kier alpha value is -1.38. The second kappa shape index (κ2) is 6.59. The van der Waals surface area contributed by atoms with Crippen LogP contribution in [0.2, 0.25) is 10.0 Å². The lowest BCUT2D eigenvalue weighted by molar-refractivity contribution is -0.384. The maximum absolute atomic E-state index is 12.1. The van der Waals surface area contributed by atoms with E-state index in [4.69, 9.17) is 23.2 Å². The number of carbonyl (C=O) groups is 1. The van der Waals surface area contributed by atoms with Gasteiger partial charge in [-0.3, -0.25) is 14.9 Å². The number of benzene rings is 2. The van der Waals surface area contributed by atoms with E-state index in [1.807, 2.05) is 22.6 Å². The lowest BCUT2D eigenvalue weighted by Gasteiger charge is -2.08. The lowest BCUT2D eigenvalue weighted by Crippen LogP contribution is -2.12. The van der Waals surface area contributed by atoms with Gasteiger partial charge >= 0.3 is 0 Å². The van der Waals surface area contributed by atoms with Crippen LogP contribution in [0.15, 0.2) is 36.4 Å². The molecule has 0 fully saturated rings. The Labute approximate surface area is 143 Å². The number of nitro groups is 1. The standard InChI is InChI=1S/C13H7Cl2IN2O3/c14-9-3-2-8(18(20)21)6-12(9)17-13(19)7-1-4-11(16)10(15)5-7/h1-6H,(H,17,19). The Morgan fingerprint density at radius 2 is 1.86 bits per heavy atom. The molecule has 0 aliphatic heterocycles. The first-order valence-corrected chi connectivity index (χ1v) is 7.42. The van der Waals surface area contributed by atoms with E-state index >= 15 is 0 Å². The molecule has 2 aromatic carbocycles. The molecule has 0 aliphatic carbocycles. The number of nitrogens with zero attached hydrogens (tertiary/aromatic N) is 1. The van der Waals surface area contributed by atoms with Gasteiger partial charge in [-0.05, 0) is 46.9 Å². The van der Waals surface area contributed by atoms with Crippen LogP contribution >= 0.6 is 45.8 Å². The van der Waals surface area contributed by atoms with Gasteiger partial charge in [-0.1, -0.05) is 23.2 Å². The van der Waals surface area contributed by atoms with Crippen LogP contribution < -0.4 is 5.32 Å². The van der Waals surface area contributed by atoms with Crippen molar-refractivity contribution in [3.05, 3.63) is 65.7 Å². The minimum Gasteiger partial charge on any atom is -0.320 e. The molecule has 0 atom stereocenters. The molecule has 5 nitrogen and oxygen atoms in total. The van der Waals surface area contributed by atoms with E-state index in [1.54, 1.807) is 12.1 Å². The molecular formula is C13H7Cl2IN2O3. The number of hydrogen-bond donors (Lipinski definition) is 1. The summed E-state index contributed by atoms with van der Waals surface area (Å²) in [5.41, 5.74) is 0.351. The zero-order valence-electron chi connectivity index (χ0n) is 10.3. The maximum atomic E-state index is 12.1. The molecule has 1 N–H and O–H groups in total. The van der Waals surface area contributed by atoms with Crippen molar-refractivity contribution in [1.29, 1.82) is 0 Å². The van der Waals surface area contributed by atoms with Gasteiger partial charge in [0.25, 0.3) is 11.6 Å². The zero-order valence-corrected chi connectivity index (χ0v) is 13.9. The summed E-state index contributed by atoms with van der Waals surface area (Å²) in [6, 6.07) is 8.65. The van der Waals surface area contributed by atoms with Gasteiger partial charge in [0.15, 0.2) is 0 Å². The van der Waals surface area contributed by atoms with Gasteiger partial charge in [0.1, 0.15) is 0 Å². The molecule has 1 amide bonds. The molecule has 0 saturated heterocycles. The smallest absolute Gasteiger partial charge is 0.271 e. The van der Waals surface area contributed by atoms with E-state index < -0.39 is 10.8 Å². The summed E-state index contributed by atoms with van der Waals surface area (Å²) in [6.07, 6.45) is 0. The third kappa shape index (κ3) is 3.84. The van der Waals surface area contributed by atoms with Gasteiger partial charge < -0.3 is 5.32 Å². The molecule has 0 unspecified atom stereocenters. The third-order valence-corrected chi connectivity index (χ3v) is 4.49. The van der Waals surface area contributed by atoms with Crippen LogP contribution in [0.25, 0.3) is 0 Å². The molecule has 0 bridgehead atoms. The summed E-state index contributed by atoms with van der Waals surface area (Å²) < 4.78 is 0.819. The zero-order chi connectivity index (χ0) is 15.6. The van der Waals surface area contributed by atoms with Crippen LogP contribution in [0.3, 0.4) is 0 Å². The highest BCUT2D eigenvalue weighted by molar-refractivity contribution is 14.1. The molecule has 2 rings (SSSR count). The second-order valence-corrected chi connectivity index (χ2v) is 5.98. The fourth-order valence-electron chi connectivity index (χ4n) is 1.55.